The predicted octanol–water partition coefficient (Wildman–Crippen LogP) is 3.86. The van der Waals surface area contributed by atoms with Crippen molar-refractivity contribution in [2.24, 2.45) is 11.0 Å². The zero-order chi connectivity index (χ0) is 24.0. The number of nitrogens with zero attached hydrogens (tertiary/aromatic N) is 4. The molecule has 8 heteroatoms. The molecule has 2 aliphatic rings. The van der Waals surface area contributed by atoms with Crippen LogP contribution in [0.2, 0.25) is 0 Å². The summed E-state index contributed by atoms with van der Waals surface area (Å²) in [5, 5.41) is 17.9. The molecule has 3 rings (SSSR count). The van der Waals surface area contributed by atoms with E-state index in [4.69, 9.17) is 9.72 Å². The molecule has 1 unspecified atom stereocenters. The Morgan fingerprint density at radius 2 is 1.97 bits per heavy atom. The maximum atomic E-state index is 10.0. The fraction of sp³-hybridized carbons (Fsp3) is 0.560. The minimum absolute atomic E-state index is 0.142. The number of rotatable bonds is 11. The average Bonchev–Trinajstić information content (AvgIpc) is 3.05. The third kappa shape index (κ3) is 6.81. The van der Waals surface area contributed by atoms with Crippen LogP contribution < -0.4 is 20.4 Å². The van der Waals surface area contributed by atoms with Gasteiger partial charge in [0.25, 0.3) is 0 Å². The lowest BCUT2D eigenvalue weighted by molar-refractivity contribution is 0.0268. The van der Waals surface area contributed by atoms with Crippen LogP contribution in [0.3, 0.4) is 0 Å². The van der Waals surface area contributed by atoms with Crippen LogP contribution in [0.5, 0.6) is 5.88 Å². The smallest absolute Gasteiger partial charge is 0.229 e. The summed E-state index contributed by atoms with van der Waals surface area (Å²) < 4.78 is 5.78. The number of hydrazone groups is 1. The molecule has 0 saturated carbocycles. The molecule has 0 amide bonds. The number of nitrogens with one attached hydrogen (secondary N) is 2. The van der Waals surface area contributed by atoms with Crippen molar-refractivity contribution < 1.29 is 9.84 Å². The molecule has 1 aliphatic heterocycles. The lowest BCUT2D eigenvalue weighted by Gasteiger charge is -2.23. The number of aliphatic hydroxyl groups is 1. The predicted molar refractivity (Wildman–Crippen MR) is 133 cm³/mol. The summed E-state index contributed by atoms with van der Waals surface area (Å²) in [4.78, 5) is 11.5. The highest BCUT2D eigenvalue weighted by atomic mass is 16.5. The number of hydrogen-bond acceptors (Lipinski definition) is 8. The van der Waals surface area contributed by atoms with Gasteiger partial charge in [-0.15, -0.1) is 0 Å². The molecule has 0 spiro atoms. The second-order valence-corrected chi connectivity index (χ2v) is 9.39. The Kier molecular flexibility index (Phi) is 8.13. The van der Waals surface area contributed by atoms with Gasteiger partial charge < -0.3 is 20.1 Å². The molecule has 1 aromatic heterocycles. The van der Waals surface area contributed by atoms with Crippen LogP contribution in [0.25, 0.3) is 0 Å². The molecule has 0 saturated heterocycles. The van der Waals surface area contributed by atoms with Gasteiger partial charge in [-0.3, -0.25) is 5.43 Å². The highest BCUT2D eigenvalue weighted by Gasteiger charge is 2.27. The lowest BCUT2D eigenvalue weighted by Crippen LogP contribution is -2.29. The summed E-state index contributed by atoms with van der Waals surface area (Å²) in [5.41, 5.74) is 7.79. The van der Waals surface area contributed by atoms with Gasteiger partial charge in [0.15, 0.2) is 0 Å². The van der Waals surface area contributed by atoms with Gasteiger partial charge in [0.05, 0.1) is 17.5 Å². The highest BCUT2D eigenvalue weighted by molar-refractivity contribution is 5.77. The summed E-state index contributed by atoms with van der Waals surface area (Å²) in [6.07, 6.45) is 8.75. The minimum Gasteiger partial charge on any atom is -0.474 e. The second kappa shape index (κ2) is 10.8. The van der Waals surface area contributed by atoms with E-state index in [1.807, 2.05) is 0 Å². The fourth-order valence-electron chi connectivity index (χ4n) is 3.87. The van der Waals surface area contributed by atoms with Crippen LogP contribution in [0, 0.1) is 5.92 Å². The molecule has 0 bridgehead atoms. The van der Waals surface area contributed by atoms with E-state index in [1.54, 1.807) is 26.1 Å². The van der Waals surface area contributed by atoms with Gasteiger partial charge >= 0.3 is 0 Å². The minimum atomic E-state index is -0.951. The van der Waals surface area contributed by atoms with E-state index in [2.05, 4.69) is 65.6 Å². The lowest BCUT2D eigenvalue weighted by atomic mass is 9.91. The number of anilines is 1. The van der Waals surface area contributed by atoms with Crippen molar-refractivity contribution in [1.29, 1.82) is 0 Å². The van der Waals surface area contributed by atoms with Crippen LogP contribution in [-0.4, -0.2) is 46.6 Å². The topological polar surface area (TPSA) is 94.9 Å². The monoisotopic (exact) mass is 454 g/mol. The molecule has 0 aromatic carbocycles. The van der Waals surface area contributed by atoms with E-state index in [0.29, 0.717) is 23.4 Å². The second-order valence-electron chi connectivity index (χ2n) is 9.39. The first-order chi connectivity index (χ1) is 15.7. The van der Waals surface area contributed by atoms with Gasteiger partial charge in [-0.1, -0.05) is 13.8 Å². The summed E-state index contributed by atoms with van der Waals surface area (Å²) in [6.45, 7) is 13.8. The molecule has 0 fully saturated rings. The molecule has 3 N–H and O–H groups in total. The molecule has 8 nitrogen and oxygen atoms in total. The maximum absolute atomic E-state index is 10.0. The number of allylic oxidation sites excluding steroid dienone is 5. The normalized spacial score (nSPS) is 18.1. The van der Waals surface area contributed by atoms with Crippen molar-refractivity contribution in [3.63, 3.8) is 0 Å². The SMILES string of the molecule is CCCN(CCC)c1nc(/C=N/NC2=CC=C3NC(C)=C(C)C3C2)cc(OCC(C)(C)O)n1. The zero-order valence-electron chi connectivity index (χ0n) is 20.8. The summed E-state index contributed by atoms with van der Waals surface area (Å²) >= 11 is 0. The zero-order valence-corrected chi connectivity index (χ0v) is 20.8. The molecule has 180 valence electrons. The number of ether oxygens (including phenoxy) is 1. The number of fused-ring (bicyclic) bond motifs is 1. The van der Waals surface area contributed by atoms with E-state index < -0.39 is 5.60 Å². The Morgan fingerprint density at radius 1 is 1.24 bits per heavy atom. The Hall–Kier alpha value is -2.87. The van der Waals surface area contributed by atoms with Crippen LogP contribution in [0.4, 0.5) is 5.95 Å². The Bertz CT molecular complexity index is 952. The Labute approximate surface area is 197 Å². The number of hydrogen-bond donors (Lipinski definition) is 3. The van der Waals surface area contributed by atoms with E-state index in [1.165, 1.54) is 17.0 Å². The van der Waals surface area contributed by atoms with Gasteiger partial charge in [-0.2, -0.15) is 10.1 Å². The van der Waals surface area contributed by atoms with Gasteiger partial charge in [0.1, 0.15) is 6.61 Å². The standard InChI is InChI=1S/C25H38N6O2/c1-7-11-31(12-8-2)24-28-20(14-23(29-24)33-16-25(5,6)32)15-26-30-19-9-10-22-21(13-19)17(3)18(4)27-22/h9-10,14-15,21,27,30,32H,7-8,11-13,16H2,1-6H3/b26-15+. The van der Waals surface area contributed by atoms with Crippen molar-refractivity contribution in [3.05, 3.63) is 46.6 Å². The first-order valence-electron chi connectivity index (χ1n) is 11.8. The van der Waals surface area contributed by atoms with E-state index in [-0.39, 0.29) is 6.61 Å². The van der Waals surface area contributed by atoms with E-state index in [0.717, 1.165) is 38.0 Å². The first kappa shape index (κ1) is 24.8. The van der Waals surface area contributed by atoms with Crippen molar-refractivity contribution in [2.45, 2.75) is 66.4 Å². The highest BCUT2D eigenvalue weighted by Crippen LogP contribution is 2.35. The largest absolute Gasteiger partial charge is 0.474 e. The van der Waals surface area contributed by atoms with Gasteiger partial charge in [0.2, 0.25) is 11.8 Å². The van der Waals surface area contributed by atoms with Crippen molar-refractivity contribution >= 4 is 12.2 Å². The molecule has 1 aromatic rings. The fourth-order valence-corrected chi connectivity index (χ4v) is 3.87. The van der Waals surface area contributed by atoms with E-state index in [9.17, 15) is 5.11 Å². The van der Waals surface area contributed by atoms with Crippen LogP contribution in [0.1, 0.15) is 66.5 Å². The van der Waals surface area contributed by atoms with Crippen LogP contribution >= 0.6 is 0 Å². The van der Waals surface area contributed by atoms with Crippen molar-refractivity contribution in [1.82, 2.24) is 20.7 Å². The maximum Gasteiger partial charge on any atom is 0.229 e. The molecule has 2 heterocycles. The Morgan fingerprint density at radius 3 is 2.64 bits per heavy atom. The van der Waals surface area contributed by atoms with Crippen LogP contribution in [0.15, 0.2) is 46.0 Å². The van der Waals surface area contributed by atoms with E-state index >= 15 is 0 Å². The molecule has 1 aliphatic carbocycles. The first-order valence-corrected chi connectivity index (χ1v) is 11.8. The summed E-state index contributed by atoms with van der Waals surface area (Å²) in [6, 6.07) is 1.75. The van der Waals surface area contributed by atoms with Crippen molar-refractivity contribution in [3.8, 4) is 5.88 Å². The van der Waals surface area contributed by atoms with Crippen LogP contribution in [-0.2, 0) is 0 Å². The molecule has 1 atom stereocenters. The molecular weight excluding hydrogens is 416 g/mol. The molecule has 0 radical (unpaired) electrons. The number of aromatic nitrogens is 2. The van der Waals surface area contributed by atoms with Crippen molar-refractivity contribution in [2.75, 3.05) is 24.6 Å². The third-order valence-electron chi connectivity index (χ3n) is 5.67. The summed E-state index contributed by atoms with van der Waals surface area (Å²) in [5.74, 6) is 1.43. The third-order valence-corrected chi connectivity index (χ3v) is 5.67. The van der Waals surface area contributed by atoms with Gasteiger partial charge in [0, 0.05) is 48.6 Å². The molecular formula is C25H38N6O2. The quantitative estimate of drug-likeness (QED) is 0.345. The van der Waals surface area contributed by atoms with Gasteiger partial charge in [-0.05, 0) is 58.3 Å². The summed E-state index contributed by atoms with van der Waals surface area (Å²) in [7, 11) is 0. The Balaban J connectivity index is 1.76. The van der Waals surface area contributed by atoms with Gasteiger partial charge in [-0.25, -0.2) is 4.98 Å². The molecule has 33 heavy (non-hydrogen) atoms. The average molecular weight is 455 g/mol.